The Kier molecular flexibility index (Phi) is 1.68. The minimum Gasteiger partial charge on any atom is -0.232 e. The molecule has 52 valence electrons. The number of nitrogens with two attached hydrogens (primary N) is 1. The Morgan fingerprint density at radius 3 is 2.67 bits per heavy atom. The lowest BCUT2D eigenvalue weighted by atomic mass is 10.1. The summed E-state index contributed by atoms with van der Waals surface area (Å²) in [6.07, 6.45) is 1.75. The summed E-state index contributed by atoms with van der Waals surface area (Å²) in [6.45, 7) is 4.10. The van der Waals surface area contributed by atoms with Crippen LogP contribution in [0, 0.1) is 5.92 Å². The minimum absolute atomic E-state index is 0.0509. The van der Waals surface area contributed by atoms with E-state index in [2.05, 4.69) is 18.9 Å². The van der Waals surface area contributed by atoms with Gasteiger partial charge < -0.3 is 0 Å². The Balaban J connectivity index is 2.41. The molecule has 1 heterocycles. The molecule has 0 aliphatic carbocycles. The largest absolute Gasteiger partial charge is 0.232 e. The number of hydrazone groups is 1. The molecule has 2 N–H and O–H groups in total. The van der Waals surface area contributed by atoms with Crippen molar-refractivity contribution in [3.8, 4) is 0 Å². The summed E-state index contributed by atoms with van der Waals surface area (Å²) in [6, 6.07) is 0. The zero-order valence-electron chi connectivity index (χ0n) is 5.61. The lowest BCUT2D eigenvalue weighted by Crippen LogP contribution is -2.27. The van der Waals surface area contributed by atoms with Gasteiger partial charge in [-0.05, 0) is 5.92 Å². The lowest BCUT2D eigenvalue weighted by molar-refractivity contribution is -0.170. The van der Waals surface area contributed by atoms with Crippen molar-refractivity contribution in [2.24, 2.45) is 16.9 Å². The van der Waals surface area contributed by atoms with Gasteiger partial charge >= 0.3 is 0 Å². The number of hydrogen-bond donors (Lipinski definition) is 1. The first-order valence-electron chi connectivity index (χ1n) is 2.96. The molecule has 0 aromatic heterocycles. The van der Waals surface area contributed by atoms with Gasteiger partial charge in [0.15, 0.2) is 0 Å². The fraction of sp³-hybridized carbons (Fsp3) is 0.800. The summed E-state index contributed by atoms with van der Waals surface area (Å²) in [7, 11) is 0. The fourth-order valence-corrected chi connectivity index (χ4v) is 0.604. The Morgan fingerprint density at radius 2 is 2.44 bits per heavy atom. The fourth-order valence-electron chi connectivity index (χ4n) is 0.604. The summed E-state index contributed by atoms with van der Waals surface area (Å²) in [5.74, 6) is 5.61. The van der Waals surface area contributed by atoms with Gasteiger partial charge in [0.25, 0.3) is 0 Å². The highest BCUT2D eigenvalue weighted by Gasteiger charge is 2.18. The van der Waals surface area contributed by atoms with Gasteiger partial charge in [0.1, 0.15) is 6.10 Å². The summed E-state index contributed by atoms with van der Waals surface area (Å²) in [4.78, 5) is 5.01. The van der Waals surface area contributed by atoms with E-state index in [-0.39, 0.29) is 6.10 Å². The van der Waals surface area contributed by atoms with Crippen LogP contribution in [0.5, 0.6) is 0 Å². The van der Waals surface area contributed by atoms with Crippen molar-refractivity contribution in [1.82, 2.24) is 5.28 Å². The standard InChI is InChI=1S/C5H11N3O/c1-4(2)5-3-7-8(6)9-5/h3-5H,6H2,1-2H3. The first-order chi connectivity index (χ1) is 4.20. The lowest BCUT2D eigenvalue weighted by Gasteiger charge is -2.11. The van der Waals surface area contributed by atoms with Crippen LogP contribution in [0.1, 0.15) is 13.8 Å². The third kappa shape index (κ3) is 1.40. The maximum absolute atomic E-state index is 5.18. The average molecular weight is 129 g/mol. The predicted molar refractivity (Wildman–Crippen MR) is 34.2 cm³/mol. The quantitative estimate of drug-likeness (QED) is 0.511. The third-order valence-corrected chi connectivity index (χ3v) is 1.21. The van der Waals surface area contributed by atoms with Crippen molar-refractivity contribution in [2.45, 2.75) is 20.0 Å². The van der Waals surface area contributed by atoms with E-state index in [4.69, 9.17) is 10.7 Å². The zero-order valence-corrected chi connectivity index (χ0v) is 5.61. The second-order valence-corrected chi connectivity index (χ2v) is 2.38. The number of hydrazine groups is 1. The van der Waals surface area contributed by atoms with E-state index in [1.807, 2.05) is 0 Å². The molecular weight excluding hydrogens is 118 g/mol. The van der Waals surface area contributed by atoms with E-state index >= 15 is 0 Å². The molecule has 0 fully saturated rings. The van der Waals surface area contributed by atoms with Crippen molar-refractivity contribution in [1.29, 1.82) is 0 Å². The van der Waals surface area contributed by atoms with Gasteiger partial charge in [-0.25, -0.2) is 10.7 Å². The molecule has 1 aliphatic rings. The van der Waals surface area contributed by atoms with Gasteiger partial charge in [-0.15, -0.1) is 5.10 Å². The predicted octanol–water partition coefficient (Wildman–Crippen LogP) is 0.118. The van der Waals surface area contributed by atoms with Gasteiger partial charge in [0.2, 0.25) is 0 Å². The smallest absolute Gasteiger partial charge is 0.128 e. The molecule has 0 radical (unpaired) electrons. The first kappa shape index (κ1) is 6.51. The van der Waals surface area contributed by atoms with Crippen molar-refractivity contribution in [3.05, 3.63) is 0 Å². The molecule has 1 unspecified atom stereocenters. The number of hydrogen-bond acceptors (Lipinski definition) is 4. The van der Waals surface area contributed by atoms with E-state index < -0.39 is 0 Å². The summed E-state index contributed by atoms with van der Waals surface area (Å²) >= 11 is 0. The summed E-state index contributed by atoms with van der Waals surface area (Å²) < 4.78 is 0. The monoisotopic (exact) mass is 129 g/mol. The molecule has 9 heavy (non-hydrogen) atoms. The van der Waals surface area contributed by atoms with Crippen LogP contribution in [0.2, 0.25) is 0 Å². The van der Waals surface area contributed by atoms with E-state index in [1.165, 1.54) is 0 Å². The summed E-state index contributed by atoms with van der Waals surface area (Å²) in [5.41, 5.74) is 0. The van der Waals surface area contributed by atoms with Crippen molar-refractivity contribution < 1.29 is 4.84 Å². The van der Waals surface area contributed by atoms with Crippen LogP contribution < -0.4 is 5.84 Å². The maximum Gasteiger partial charge on any atom is 0.128 e. The maximum atomic E-state index is 5.18. The van der Waals surface area contributed by atoms with Crippen molar-refractivity contribution in [3.63, 3.8) is 0 Å². The van der Waals surface area contributed by atoms with Gasteiger partial charge in [-0.2, -0.15) is 0 Å². The Bertz CT molecular complexity index is 123. The van der Waals surface area contributed by atoms with Crippen LogP contribution >= 0.6 is 0 Å². The van der Waals surface area contributed by atoms with Crippen LogP contribution in [0.25, 0.3) is 0 Å². The highest BCUT2D eigenvalue weighted by Crippen LogP contribution is 2.09. The summed E-state index contributed by atoms with van der Waals surface area (Å²) in [5, 5.41) is 4.69. The second-order valence-electron chi connectivity index (χ2n) is 2.38. The molecule has 0 amide bonds. The molecule has 0 saturated carbocycles. The highest BCUT2D eigenvalue weighted by atomic mass is 16.7. The second kappa shape index (κ2) is 2.33. The molecular formula is C5H11N3O. The Hall–Kier alpha value is -0.610. The van der Waals surface area contributed by atoms with Gasteiger partial charge in [-0.3, -0.25) is 0 Å². The van der Waals surface area contributed by atoms with Crippen LogP contribution in [-0.2, 0) is 4.84 Å². The van der Waals surface area contributed by atoms with Gasteiger partial charge in [0, 0.05) is 0 Å². The van der Waals surface area contributed by atoms with Crippen LogP contribution in [0.3, 0.4) is 0 Å². The third-order valence-electron chi connectivity index (χ3n) is 1.21. The minimum atomic E-state index is 0.0509. The van der Waals surface area contributed by atoms with E-state index in [0.29, 0.717) is 5.92 Å². The van der Waals surface area contributed by atoms with Crippen molar-refractivity contribution in [2.75, 3.05) is 0 Å². The highest BCUT2D eigenvalue weighted by molar-refractivity contribution is 5.63. The first-order valence-corrected chi connectivity index (χ1v) is 2.96. The van der Waals surface area contributed by atoms with Crippen molar-refractivity contribution >= 4 is 6.21 Å². The van der Waals surface area contributed by atoms with Gasteiger partial charge in [0.05, 0.1) is 6.21 Å². The molecule has 0 saturated heterocycles. The topological polar surface area (TPSA) is 50.8 Å². The SMILES string of the molecule is CC(C)C1C=NN(N)O1. The molecule has 1 aliphatic heterocycles. The Morgan fingerprint density at radius 1 is 1.78 bits per heavy atom. The number of rotatable bonds is 1. The Labute approximate surface area is 54.2 Å². The van der Waals surface area contributed by atoms with Crippen LogP contribution in [-0.4, -0.2) is 17.6 Å². The molecule has 0 aromatic rings. The average Bonchev–Trinajstić information content (AvgIpc) is 2.14. The molecule has 4 heteroatoms. The van der Waals surface area contributed by atoms with E-state index in [0.717, 1.165) is 5.28 Å². The number of nitrogens with zero attached hydrogens (tertiary/aromatic N) is 2. The van der Waals surface area contributed by atoms with Gasteiger partial charge in [-0.1, -0.05) is 19.1 Å². The molecule has 0 spiro atoms. The van der Waals surface area contributed by atoms with Crippen LogP contribution in [0.4, 0.5) is 0 Å². The molecule has 1 atom stereocenters. The molecule has 0 bridgehead atoms. The molecule has 0 aromatic carbocycles. The molecule has 4 nitrogen and oxygen atoms in total. The van der Waals surface area contributed by atoms with Crippen LogP contribution in [0.15, 0.2) is 5.10 Å². The van der Waals surface area contributed by atoms with E-state index in [1.54, 1.807) is 6.21 Å². The zero-order chi connectivity index (χ0) is 6.85. The van der Waals surface area contributed by atoms with E-state index in [9.17, 15) is 0 Å². The molecule has 1 rings (SSSR count). The normalized spacial score (nSPS) is 26.2.